The van der Waals surface area contributed by atoms with Crippen LogP contribution in [0.5, 0.6) is 5.75 Å². The fourth-order valence-electron chi connectivity index (χ4n) is 1.79. The Labute approximate surface area is 134 Å². The molecule has 0 radical (unpaired) electrons. The van der Waals surface area contributed by atoms with Crippen molar-refractivity contribution in [2.45, 2.75) is 5.16 Å². The van der Waals surface area contributed by atoms with E-state index in [1.807, 2.05) is 24.3 Å². The lowest BCUT2D eigenvalue weighted by atomic mass is 10.3. The first-order valence-corrected chi connectivity index (χ1v) is 7.45. The minimum Gasteiger partial charge on any atom is -0.494 e. The van der Waals surface area contributed by atoms with E-state index in [0.29, 0.717) is 16.6 Å². The van der Waals surface area contributed by atoms with Crippen molar-refractivity contribution in [2.24, 2.45) is 0 Å². The summed E-state index contributed by atoms with van der Waals surface area (Å²) in [5.41, 5.74) is 3.29. The van der Waals surface area contributed by atoms with Gasteiger partial charge in [0, 0.05) is 0 Å². The number of methoxy groups -OCH3 is 1. The maximum absolute atomic E-state index is 11.9. The first-order chi connectivity index (χ1) is 11.3. The van der Waals surface area contributed by atoms with Crippen LogP contribution in [0.1, 0.15) is 0 Å². The Hall–Kier alpha value is -2.95. The third kappa shape index (κ3) is 3.45. The summed E-state index contributed by atoms with van der Waals surface area (Å²) < 4.78 is 8.19. The number of ether oxygens (including phenoxy) is 1. The van der Waals surface area contributed by atoms with E-state index < -0.39 is 0 Å². The van der Waals surface area contributed by atoms with Crippen molar-refractivity contribution in [3.63, 3.8) is 0 Å². The molecule has 0 spiro atoms. The van der Waals surface area contributed by atoms with Crippen molar-refractivity contribution >= 4 is 17.7 Å². The number of benzene rings is 1. The number of nitrogens with zero attached hydrogens (tertiary/aromatic N) is 7. The molecule has 0 unspecified atom stereocenters. The largest absolute Gasteiger partial charge is 0.494 e. The topological polar surface area (TPSA) is 113 Å². The number of aromatic nitrogens is 7. The number of carbonyl (C=O) groups is 1. The van der Waals surface area contributed by atoms with Gasteiger partial charge in [0.2, 0.25) is 11.1 Å². The van der Waals surface area contributed by atoms with Crippen LogP contribution in [0.2, 0.25) is 0 Å². The zero-order valence-corrected chi connectivity index (χ0v) is 12.8. The second-order valence-electron chi connectivity index (χ2n) is 4.24. The molecule has 0 aliphatic heterocycles. The number of hydrogen-bond acceptors (Lipinski definition) is 8. The molecule has 10 nitrogen and oxygen atoms in total. The molecule has 1 amide bonds. The smallest absolute Gasteiger partial charge is 0.249 e. The van der Waals surface area contributed by atoms with Crippen LogP contribution in [0.15, 0.2) is 42.1 Å². The number of rotatable bonds is 6. The van der Waals surface area contributed by atoms with Gasteiger partial charge in [-0.05, 0) is 22.6 Å². The Morgan fingerprint density at radius 1 is 1.30 bits per heavy atom. The van der Waals surface area contributed by atoms with Crippen molar-refractivity contribution in [1.29, 1.82) is 0 Å². The average Bonchev–Trinajstić information content (AvgIpc) is 3.24. The number of tetrazole rings is 1. The van der Waals surface area contributed by atoms with Crippen LogP contribution < -0.4 is 10.2 Å². The van der Waals surface area contributed by atoms with Crippen molar-refractivity contribution < 1.29 is 9.53 Å². The molecule has 0 saturated carbocycles. The molecule has 2 aromatic heterocycles. The average molecular weight is 332 g/mol. The van der Waals surface area contributed by atoms with E-state index in [1.165, 1.54) is 33.8 Å². The van der Waals surface area contributed by atoms with Crippen LogP contribution in [0.25, 0.3) is 5.69 Å². The lowest BCUT2D eigenvalue weighted by Gasteiger charge is -2.09. The van der Waals surface area contributed by atoms with Gasteiger partial charge in [-0.25, -0.2) is 4.68 Å². The summed E-state index contributed by atoms with van der Waals surface area (Å²) in [5, 5.41) is 19.2. The number of para-hydroxylation sites is 2. The van der Waals surface area contributed by atoms with E-state index in [-0.39, 0.29) is 11.7 Å². The molecule has 1 N–H and O–H groups in total. The van der Waals surface area contributed by atoms with Gasteiger partial charge in [0.15, 0.2) is 0 Å². The molecule has 0 bridgehead atoms. The second kappa shape index (κ2) is 6.87. The van der Waals surface area contributed by atoms with E-state index in [1.54, 1.807) is 7.11 Å². The molecule has 0 fully saturated rings. The molecule has 2 heterocycles. The van der Waals surface area contributed by atoms with Gasteiger partial charge >= 0.3 is 0 Å². The molecular formula is C12H12N8O2S. The quantitative estimate of drug-likeness (QED) is 0.634. The van der Waals surface area contributed by atoms with Crippen LogP contribution in [0.3, 0.4) is 0 Å². The normalized spacial score (nSPS) is 10.5. The van der Waals surface area contributed by atoms with Gasteiger partial charge < -0.3 is 4.74 Å². The van der Waals surface area contributed by atoms with E-state index in [4.69, 9.17) is 4.74 Å². The van der Waals surface area contributed by atoms with Crippen LogP contribution in [0.4, 0.5) is 0 Å². The third-order valence-corrected chi connectivity index (χ3v) is 3.68. The van der Waals surface area contributed by atoms with Crippen molar-refractivity contribution in [1.82, 2.24) is 35.1 Å². The van der Waals surface area contributed by atoms with Crippen molar-refractivity contribution in [2.75, 3.05) is 18.3 Å². The maximum atomic E-state index is 11.9. The Morgan fingerprint density at radius 2 is 2.09 bits per heavy atom. The summed E-state index contributed by atoms with van der Waals surface area (Å²) in [4.78, 5) is 11.9. The molecule has 23 heavy (non-hydrogen) atoms. The third-order valence-electron chi connectivity index (χ3n) is 2.76. The van der Waals surface area contributed by atoms with Crippen LogP contribution in [-0.4, -0.2) is 53.9 Å². The molecule has 3 rings (SSSR count). The number of carbonyl (C=O) groups excluding carboxylic acids is 1. The summed E-state index contributed by atoms with van der Waals surface area (Å²) in [5.74, 6) is 0.535. The summed E-state index contributed by atoms with van der Waals surface area (Å²) >= 11 is 1.20. The molecule has 0 saturated heterocycles. The van der Waals surface area contributed by atoms with Crippen LogP contribution in [0, 0.1) is 0 Å². The van der Waals surface area contributed by atoms with E-state index in [9.17, 15) is 4.79 Å². The minimum atomic E-state index is -0.232. The summed E-state index contributed by atoms with van der Waals surface area (Å²) in [6, 6.07) is 7.35. The second-order valence-corrected chi connectivity index (χ2v) is 5.18. The number of thioether (sulfide) groups is 1. The molecule has 1 aromatic carbocycles. The van der Waals surface area contributed by atoms with Crippen LogP contribution in [-0.2, 0) is 4.79 Å². The maximum Gasteiger partial charge on any atom is 0.249 e. The fraction of sp³-hybridized carbons (Fsp3) is 0.167. The molecular weight excluding hydrogens is 320 g/mol. The standard InChI is InChI=1S/C12H12N8O2S/c1-22-10-5-3-2-4-9(10)20-12(15-17-18-20)23-6-11(21)16-19-7-13-14-8-19/h2-5,7-8H,6H2,1H3,(H,16,21). The number of hydrogen-bond donors (Lipinski definition) is 1. The fourth-order valence-corrected chi connectivity index (χ4v) is 2.47. The zero-order chi connectivity index (χ0) is 16.1. The zero-order valence-electron chi connectivity index (χ0n) is 12.0. The van der Waals surface area contributed by atoms with Gasteiger partial charge in [0.1, 0.15) is 24.1 Å². The minimum absolute atomic E-state index is 0.133. The Morgan fingerprint density at radius 3 is 2.87 bits per heavy atom. The van der Waals surface area contributed by atoms with Gasteiger partial charge in [-0.15, -0.1) is 15.3 Å². The molecule has 0 aliphatic carbocycles. The highest BCUT2D eigenvalue weighted by molar-refractivity contribution is 7.99. The number of amides is 1. The van der Waals surface area contributed by atoms with Crippen molar-refractivity contribution in [3.05, 3.63) is 36.9 Å². The summed E-state index contributed by atoms with van der Waals surface area (Å²) in [6.45, 7) is 0. The molecule has 0 atom stereocenters. The summed E-state index contributed by atoms with van der Waals surface area (Å²) in [7, 11) is 1.57. The van der Waals surface area contributed by atoms with Crippen molar-refractivity contribution in [3.8, 4) is 11.4 Å². The highest BCUT2D eigenvalue weighted by Gasteiger charge is 2.14. The van der Waals surface area contributed by atoms with Gasteiger partial charge in [0.25, 0.3) is 0 Å². The summed E-state index contributed by atoms with van der Waals surface area (Å²) in [6.07, 6.45) is 2.78. The SMILES string of the molecule is COc1ccccc1-n1nnnc1SCC(=O)Nn1cnnc1. The highest BCUT2D eigenvalue weighted by atomic mass is 32.2. The monoisotopic (exact) mass is 332 g/mol. The highest BCUT2D eigenvalue weighted by Crippen LogP contribution is 2.25. The van der Waals surface area contributed by atoms with Gasteiger partial charge in [-0.2, -0.15) is 4.68 Å². The predicted molar refractivity (Wildman–Crippen MR) is 80.8 cm³/mol. The number of nitrogens with one attached hydrogen (secondary N) is 1. The van der Waals surface area contributed by atoms with E-state index >= 15 is 0 Å². The molecule has 118 valence electrons. The Balaban J connectivity index is 1.70. The van der Waals surface area contributed by atoms with E-state index in [2.05, 4.69) is 31.1 Å². The van der Waals surface area contributed by atoms with Crippen LogP contribution >= 0.6 is 11.8 Å². The first-order valence-electron chi connectivity index (χ1n) is 6.47. The molecule has 11 heteroatoms. The molecule has 0 aliphatic rings. The van der Waals surface area contributed by atoms with E-state index in [0.717, 1.165) is 0 Å². The lowest BCUT2D eigenvalue weighted by molar-refractivity contribution is -0.114. The molecule has 3 aromatic rings. The first kappa shape index (κ1) is 15.0. The van der Waals surface area contributed by atoms with Gasteiger partial charge in [0.05, 0.1) is 12.9 Å². The lowest BCUT2D eigenvalue weighted by Crippen LogP contribution is -2.23. The Kier molecular flexibility index (Phi) is 4.47. The van der Waals surface area contributed by atoms with Gasteiger partial charge in [-0.3, -0.25) is 10.2 Å². The van der Waals surface area contributed by atoms with Gasteiger partial charge in [-0.1, -0.05) is 23.9 Å². The predicted octanol–water partition coefficient (Wildman–Crippen LogP) is 0.125. The Bertz CT molecular complexity index is 788.